The molecule has 0 saturated heterocycles. The van der Waals surface area contributed by atoms with E-state index >= 15 is 0 Å². The number of hydrogen-bond donors (Lipinski definition) is 1. The predicted octanol–water partition coefficient (Wildman–Crippen LogP) is 3.37. The van der Waals surface area contributed by atoms with Crippen LogP contribution in [0, 0.1) is 0 Å². The summed E-state index contributed by atoms with van der Waals surface area (Å²) in [6, 6.07) is 5.43. The van der Waals surface area contributed by atoms with E-state index in [0.717, 1.165) is 6.07 Å². The molecule has 4 rings (SSSR count). The summed E-state index contributed by atoms with van der Waals surface area (Å²) in [5.41, 5.74) is 0.575. The fourth-order valence-electron chi connectivity index (χ4n) is 2.75. The number of alkyl halides is 3. The number of hydrogen-bond acceptors (Lipinski definition) is 5. The number of halogens is 3. The van der Waals surface area contributed by atoms with Crippen LogP contribution in [0.3, 0.4) is 0 Å². The smallest absolute Gasteiger partial charge is 0.321 e. The first-order valence-electron chi connectivity index (χ1n) is 7.99. The molecule has 27 heavy (non-hydrogen) atoms. The minimum atomic E-state index is -4.43. The van der Waals surface area contributed by atoms with Gasteiger partial charge >= 0.3 is 6.18 Å². The number of fused-ring (bicyclic) bond motifs is 1. The summed E-state index contributed by atoms with van der Waals surface area (Å²) < 4.78 is 42.7. The maximum atomic E-state index is 13.2. The molecule has 0 aliphatic heterocycles. The van der Waals surface area contributed by atoms with Gasteiger partial charge in [0.2, 0.25) is 5.95 Å². The van der Waals surface area contributed by atoms with Gasteiger partial charge in [-0.2, -0.15) is 28.4 Å². The van der Waals surface area contributed by atoms with Crippen molar-refractivity contribution in [3.63, 3.8) is 0 Å². The molecule has 0 atom stereocenters. The molecule has 0 unspecified atom stereocenters. The van der Waals surface area contributed by atoms with Crippen LogP contribution in [0.25, 0.3) is 11.0 Å². The number of anilines is 2. The molecule has 0 amide bonds. The molecule has 0 aliphatic carbocycles. The largest absolute Gasteiger partial charge is 0.416 e. The molecule has 0 bridgehead atoms. The van der Waals surface area contributed by atoms with Crippen molar-refractivity contribution >= 4 is 22.7 Å². The highest BCUT2D eigenvalue weighted by Crippen LogP contribution is 2.32. The van der Waals surface area contributed by atoms with Crippen molar-refractivity contribution in [3.8, 4) is 0 Å². The van der Waals surface area contributed by atoms with Gasteiger partial charge in [-0.25, -0.2) is 9.67 Å². The average Bonchev–Trinajstić information content (AvgIpc) is 3.21. The lowest BCUT2D eigenvalue weighted by atomic mass is 10.1. The highest BCUT2D eigenvalue weighted by molar-refractivity contribution is 5.75. The van der Waals surface area contributed by atoms with Crippen LogP contribution in [0.4, 0.5) is 24.8 Å². The van der Waals surface area contributed by atoms with Crippen molar-refractivity contribution in [1.29, 1.82) is 0 Å². The van der Waals surface area contributed by atoms with E-state index in [1.807, 2.05) is 0 Å². The van der Waals surface area contributed by atoms with E-state index in [1.54, 1.807) is 36.4 Å². The summed E-state index contributed by atoms with van der Waals surface area (Å²) in [7, 11) is 1.78. The first-order chi connectivity index (χ1) is 12.9. The van der Waals surface area contributed by atoms with Crippen LogP contribution in [0.5, 0.6) is 0 Å². The molecular formula is C17H14F3N7. The Kier molecular flexibility index (Phi) is 4.02. The molecule has 4 aromatic rings. The van der Waals surface area contributed by atoms with E-state index < -0.39 is 11.7 Å². The molecule has 138 valence electrons. The zero-order valence-electron chi connectivity index (χ0n) is 14.1. The van der Waals surface area contributed by atoms with Crippen molar-refractivity contribution in [3.05, 3.63) is 60.2 Å². The monoisotopic (exact) mass is 373 g/mol. The van der Waals surface area contributed by atoms with E-state index in [4.69, 9.17) is 0 Å². The fourth-order valence-corrected chi connectivity index (χ4v) is 2.75. The summed E-state index contributed by atoms with van der Waals surface area (Å²) in [5, 5.41) is 11.9. The molecule has 0 saturated carbocycles. The Morgan fingerprint density at radius 3 is 2.63 bits per heavy atom. The highest BCUT2D eigenvalue weighted by Gasteiger charge is 2.33. The first-order valence-corrected chi connectivity index (χ1v) is 7.99. The van der Waals surface area contributed by atoms with E-state index in [1.165, 1.54) is 23.0 Å². The number of benzene rings is 1. The highest BCUT2D eigenvalue weighted by atomic mass is 19.4. The van der Waals surface area contributed by atoms with Gasteiger partial charge < -0.3 is 5.32 Å². The summed E-state index contributed by atoms with van der Waals surface area (Å²) in [5.74, 6) is 0.307. The van der Waals surface area contributed by atoms with Gasteiger partial charge in [0, 0.05) is 19.4 Å². The number of nitrogens with one attached hydrogen (secondary N) is 1. The molecule has 3 aromatic heterocycles. The van der Waals surface area contributed by atoms with E-state index in [0.29, 0.717) is 22.7 Å². The Morgan fingerprint density at radius 2 is 1.89 bits per heavy atom. The Bertz CT molecular complexity index is 1100. The lowest BCUT2D eigenvalue weighted by Crippen LogP contribution is -2.12. The second-order valence-electron chi connectivity index (χ2n) is 5.96. The summed E-state index contributed by atoms with van der Waals surface area (Å²) in [6.07, 6.45) is 2.04. The molecule has 10 heteroatoms. The van der Waals surface area contributed by atoms with Crippen LogP contribution in [0.2, 0.25) is 0 Å². The number of nitrogens with zero attached hydrogens (tertiary/aromatic N) is 6. The molecule has 1 aromatic carbocycles. The van der Waals surface area contributed by atoms with Gasteiger partial charge in [0.1, 0.15) is 0 Å². The average molecular weight is 373 g/mol. The van der Waals surface area contributed by atoms with Gasteiger partial charge in [0.25, 0.3) is 0 Å². The van der Waals surface area contributed by atoms with Crippen LogP contribution in [-0.2, 0) is 19.8 Å². The SMILES string of the molecule is Cn1cc(Nc2ncc3cnn(Cc4ccccc4C(F)(F)F)c3n2)cn1. The standard InChI is InChI=1S/C17H14F3N7/c1-26-10-13(8-22-26)24-16-21-6-12-7-23-27(15(12)25-16)9-11-4-2-3-5-14(11)17(18,19)20/h2-8,10H,9H2,1H3,(H,21,24,25). The maximum absolute atomic E-state index is 13.2. The minimum absolute atomic E-state index is 0.0530. The molecule has 1 N–H and O–H groups in total. The van der Waals surface area contributed by atoms with Gasteiger partial charge in [-0.15, -0.1) is 0 Å². The Morgan fingerprint density at radius 1 is 1.07 bits per heavy atom. The van der Waals surface area contributed by atoms with Gasteiger partial charge in [-0.1, -0.05) is 18.2 Å². The van der Waals surface area contributed by atoms with Crippen LogP contribution >= 0.6 is 0 Å². The zero-order valence-corrected chi connectivity index (χ0v) is 14.1. The number of aromatic nitrogens is 6. The number of aryl methyl sites for hydroxylation is 1. The molecule has 0 radical (unpaired) electrons. The molecular weight excluding hydrogens is 359 g/mol. The molecule has 0 spiro atoms. The number of rotatable bonds is 4. The van der Waals surface area contributed by atoms with E-state index in [9.17, 15) is 13.2 Å². The van der Waals surface area contributed by atoms with Crippen molar-refractivity contribution in [2.24, 2.45) is 7.05 Å². The molecule has 0 aliphatic rings. The fraction of sp³-hybridized carbons (Fsp3) is 0.176. The van der Waals surface area contributed by atoms with Crippen LogP contribution < -0.4 is 5.32 Å². The van der Waals surface area contributed by atoms with Crippen molar-refractivity contribution in [1.82, 2.24) is 29.5 Å². The van der Waals surface area contributed by atoms with Gasteiger partial charge in [-0.05, 0) is 11.6 Å². The lowest BCUT2D eigenvalue weighted by Gasteiger charge is -2.13. The predicted molar refractivity (Wildman–Crippen MR) is 92.4 cm³/mol. The van der Waals surface area contributed by atoms with E-state index in [-0.39, 0.29) is 12.1 Å². The Balaban J connectivity index is 1.68. The Labute approximate surface area is 151 Å². The second kappa shape index (κ2) is 6.38. The Hall–Kier alpha value is -3.43. The zero-order chi connectivity index (χ0) is 19.0. The maximum Gasteiger partial charge on any atom is 0.416 e. The lowest BCUT2D eigenvalue weighted by molar-refractivity contribution is -0.138. The summed E-state index contributed by atoms with van der Waals surface area (Å²) >= 11 is 0. The summed E-state index contributed by atoms with van der Waals surface area (Å²) in [4.78, 5) is 8.58. The third kappa shape index (κ3) is 3.46. The van der Waals surface area contributed by atoms with Crippen LogP contribution in [-0.4, -0.2) is 29.5 Å². The van der Waals surface area contributed by atoms with Crippen LogP contribution in [0.1, 0.15) is 11.1 Å². The summed E-state index contributed by atoms with van der Waals surface area (Å²) in [6.45, 7) is -0.0530. The molecule has 0 fully saturated rings. The quantitative estimate of drug-likeness (QED) is 0.594. The third-order valence-electron chi connectivity index (χ3n) is 3.98. The normalized spacial score (nSPS) is 11.9. The second-order valence-corrected chi connectivity index (χ2v) is 5.96. The van der Waals surface area contributed by atoms with Crippen molar-refractivity contribution in [2.75, 3.05) is 5.32 Å². The van der Waals surface area contributed by atoms with Gasteiger partial charge in [0.15, 0.2) is 5.65 Å². The first kappa shape index (κ1) is 17.0. The molecule has 7 nitrogen and oxygen atoms in total. The van der Waals surface area contributed by atoms with Gasteiger partial charge in [-0.3, -0.25) is 4.68 Å². The van der Waals surface area contributed by atoms with Crippen molar-refractivity contribution < 1.29 is 13.2 Å². The van der Waals surface area contributed by atoms with Gasteiger partial charge in [0.05, 0.1) is 35.6 Å². The minimum Gasteiger partial charge on any atom is -0.321 e. The van der Waals surface area contributed by atoms with E-state index in [2.05, 4.69) is 25.5 Å². The van der Waals surface area contributed by atoms with Crippen molar-refractivity contribution in [2.45, 2.75) is 12.7 Å². The third-order valence-corrected chi connectivity index (χ3v) is 3.98. The van der Waals surface area contributed by atoms with Crippen LogP contribution in [0.15, 0.2) is 49.1 Å². The molecule has 3 heterocycles. The topological polar surface area (TPSA) is 73.5 Å².